The molecule has 2 rings (SSSR count). The fraction of sp³-hybridized carbons (Fsp3) is 0.538. The molecule has 1 aliphatic rings. The largest absolute Gasteiger partial charge is 0.486 e. The molecule has 0 aliphatic carbocycles. The van der Waals surface area contributed by atoms with Crippen molar-refractivity contribution in [1.29, 1.82) is 0 Å². The van der Waals surface area contributed by atoms with Gasteiger partial charge < -0.3 is 19.5 Å². The number of ether oxygens (including phenoxy) is 3. The predicted molar refractivity (Wildman–Crippen MR) is 71.0 cm³/mol. The summed E-state index contributed by atoms with van der Waals surface area (Å²) in [5, 5.41) is 3.59. The van der Waals surface area contributed by atoms with Crippen LogP contribution in [-0.2, 0) is 11.3 Å². The van der Waals surface area contributed by atoms with Crippen molar-refractivity contribution in [2.75, 3.05) is 33.0 Å². The topological polar surface area (TPSA) is 39.7 Å². The van der Waals surface area contributed by atoms with Crippen LogP contribution in [0.4, 0.5) is 8.78 Å². The second-order valence-electron chi connectivity index (χ2n) is 4.24. The molecule has 0 fully saturated rings. The van der Waals surface area contributed by atoms with Gasteiger partial charge in [-0.3, -0.25) is 0 Å². The first-order valence-corrected chi connectivity index (χ1v) is 6.69. The van der Waals surface area contributed by atoms with E-state index in [2.05, 4.69) is 5.32 Å². The molecule has 0 amide bonds. The molecular formula is C13H16ClF2NO3. The van der Waals surface area contributed by atoms with Crippen molar-refractivity contribution < 1.29 is 23.0 Å². The fourth-order valence-electron chi connectivity index (χ4n) is 1.82. The van der Waals surface area contributed by atoms with E-state index in [0.717, 1.165) is 5.56 Å². The second kappa shape index (κ2) is 7.61. The van der Waals surface area contributed by atoms with Crippen molar-refractivity contribution in [3.8, 4) is 11.5 Å². The third-order valence-corrected chi connectivity index (χ3v) is 2.93. The van der Waals surface area contributed by atoms with Gasteiger partial charge in [0, 0.05) is 13.1 Å². The molecule has 4 nitrogen and oxygen atoms in total. The van der Waals surface area contributed by atoms with Gasteiger partial charge in [-0.1, -0.05) is 11.6 Å². The maximum atomic E-state index is 11.8. The van der Waals surface area contributed by atoms with Crippen LogP contribution < -0.4 is 14.8 Å². The quantitative estimate of drug-likeness (QED) is 0.786. The number of hydrogen-bond donors (Lipinski definition) is 1. The third-order valence-electron chi connectivity index (χ3n) is 2.65. The molecule has 0 spiro atoms. The van der Waals surface area contributed by atoms with Crippen LogP contribution in [0, 0.1) is 0 Å². The summed E-state index contributed by atoms with van der Waals surface area (Å²) in [4.78, 5) is 0. The molecule has 0 saturated carbocycles. The van der Waals surface area contributed by atoms with E-state index in [4.69, 9.17) is 25.8 Å². The number of nitrogens with one attached hydrogen (secondary N) is 1. The van der Waals surface area contributed by atoms with Crippen LogP contribution in [0.25, 0.3) is 0 Å². The Morgan fingerprint density at radius 1 is 1.30 bits per heavy atom. The van der Waals surface area contributed by atoms with Gasteiger partial charge in [0.2, 0.25) is 0 Å². The van der Waals surface area contributed by atoms with Crippen molar-refractivity contribution in [3.63, 3.8) is 0 Å². The first-order chi connectivity index (χ1) is 9.66. The lowest BCUT2D eigenvalue weighted by Crippen LogP contribution is -2.21. The Hall–Kier alpha value is -1.11. The highest BCUT2D eigenvalue weighted by Gasteiger charge is 2.16. The molecule has 0 aromatic heterocycles. The Labute approximate surface area is 121 Å². The molecule has 1 aliphatic heterocycles. The van der Waals surface area contributed by atoms with E-state index >= 15 is 0 Å². The number of halogens is 3. The summed E-state index contributed by atoms with van der Waals surface area (Å²) < 4.78 is 39.3. The molecule has 7 heteroatoms. The van der Waals surface area contributed by atoms with Crippen molar-refractivity contribution in [2.24, 2.45) is 0 Å². The van der Waals surface area contributed by atoms with Crippen molar-refractivity contribution in [3.05, 3.63) is 22.7 Å². The minimum absolute atomic E-state index is 0.239. The molecule has 0 atom stereocenters. The Kier molecular flexibility index (Phi) is 5.82. The van der Waals surface area contributed by atoms with E-state index in [-0.39, 0.29) is 6.61 Å². The van der Waals surface area contributed by atoms with Crippen molar-refractivity contribution in [1.82, 2.24) is 5.32 Å². The second-order valence-corrected chi connectivity index (χ2v) is 4.65. The average molecular weight is 308 g/mol. The molecule has 1 heterocycles. The van der Waals surface area contributed by atoms with Gasteiger partial charge in [-0.05, 0) is 17.7 Å². The maximum Gasteiger partial charge on any atom is 0.261 e. The van der Waals surface area contributed by atoms with E-state index < -0.39 is 13.0 Å². The van der Waals surface area contributed by atoms with Gasteiger partial charge in [-0.15, -0.1) is 0 Å². The highest BCUT2D eigenvalue weighted by molar-refractivity contribution is 6.32. The normalized spacial score (nSPS) is 13.8. The standard InChI is InChI=1S/C13H16ClF2NO3/c14-10-5-9(6-11-13(10)20-4-3-19-11)7-17-1-2-18-8-12(15)16/h5-6,12,17H,1-4,7-8H2. The lowest BCUT2D eigenvalue weighted by atomic mass is 10.2. The van der Waals surface area contributed by atoms with Crippen molar-refractivity contribution >= 4 is 11.6 Å². The third kappa shape index (κ3) is 4.47. The summed E-state index contributed by atoms with van der Waals surface area (Å²) in [5.74, 6) is 1.21. The minimum atomic E-state index is -2.42. The van der Waals surface area contributed by atoms with Crippen LogP contribution >= 0.6 is 11.6 Å². The molecule has 1 aromatic carbocycles. The molecule has 1 N–H and O–H groups in total. The maximum absolute atomic E-state index is 11.8. The van der Waals surface area contributed by atoms with E-state index in [1.165, 1.54) is 0 Å². The van der Waals surface area contributed by atoms with E-state index in [0.29, 0.717) is 42.8 Å². The zero-order valence-electron chi connectivity index (χ0n) is 10.8. The highest BCUT2D eigenvalue weighted by atomic mass is 35.5. The van der Waals surface area contributed by atoms with E-state index in [1.54, 1.807) is 6.07 Å². The number of hydrogen-bond acceptors (Lipinski definition) is 4. The monoisotopic (exact) mass is 307 g/mol. The fourth-order valence-corrected chi connectivity index (χ4v) is 2.10. The Morgan fingerprint density at radius 3 is 2.90 bits per heavy atom. The summed E-state index contributed by atoms with van der Waals surface area (Å²) in [6.45, 7) is 1.74. The Balaban J connectivity index is 1.77. The van der Waals surface area contributed by atoms with Gasteiger partial charge in [-0.25, -0.2) is 8.78 Å². The van der Waals surface area contributed by atoms with Gasteiger partial charge in [0.15, 0.2) is 11.5 Å². The summed E-state index contributed by atoms with van der Waals surface area (Å²) in [6.07, 6.45) is -2.42. The van der Waals surface area contributed by atoms with Crippen LogP contribution in [0.3, 0.4) is 0 Å². The SMILES string of the molecule is FC(F)COCCNCc1cc(Cl)c2c(c1)OCCO2. The minimum Gasteiger partial charge on any atom is -0.486 e. The zero-order chi connectivity index (χ0) is 14.4. The number of rotatable bonds is 7. The van der Waals surface area contributed by atoms with Crippen LogP contribution in [0.15, 0.2) is 12.1 Å². The van der Waals surface area contributed by atoms with E-state index in [9.17, 15) is 8.78 Å². The van der Waals surface area contributed by atoms with Crippen LogP contribution in [-0.4, -0.2) is 39.4 Å². The van der Waals surface area contributed by atoms with Gasteiger partial charge in [0.1, 0.15) is 19.8 Å². The van der Waals surface area contributed by atoms with Gasteiger partial charge in [0.05, 0.1) is 11.6 Å². The molecular weight excluding hydrogens is 292 g/mol. The van der Waals surface area contributed by atoms with Gasteiger partial charge in [0.25, 0.3) is 6.43 Å². The van der Waals surface area contributed by atoms with Crippen LogP contribution in [0.1, 0.15) is 5.56 Å². The molecule has 0 bridgehead atoms. The molecule has 0 saturated heterocycles. The van der Waals surface area contributed by atoms with Crippen molar-refractivity contribution in [2.45, 2.75) is 13.0 Å². The number of fused-ring (bicyclic) bond motifs is 1. The first-order valence-electron chi connectivity index (χ1n) is 6.31. The van der Waals surface area contributed by atoms with Gasteiger partial charge in [-0.2, -0.15) is 0 Å². The first kappa shape index (κ1) is 15.3. The summed E-state index contributed by atoms with van der Waals surface area (Å²) >= 11 is 6.10. The molecule has 1 aromatic rings. The van der Waals surface area contributed by atoms with Gasteiger partial charge >= 0.3 is 0 Å². The van der Waals surface area contributed by atoms with Crippen LogP contribution in [0.2, 0.25) is 5.02 Å². The lowest BCUT2D eigenvalue weighted by Gasteiger charge is -2.20. The summed E-state index contributed by atoms with van der Waals surface area (Å²) in [6, 6.07) is 3.65. The smallest absolute Gasteiger partial charge is 0.261 e. The zero-order valence-corrected chi connectivity index (χ0v) is 11.6. The van der Waals surface area contributed by atoms with Crippen LogP contribution in [0.5, 0.6) is 11.5 Å². The molecule has 0 unspecified atom stereocenters. The molecule has 0 radical (unpaired) electrons. The number of benzene rings is 1. The lowest BCUT2D eigenvalue weighted by molar-refractivity contribution is 0.0187. The average Bonchev–Trinajstić information content (AvgIpc) is 2.42. The van der Waals surface area contributed by atoms with E-state index in [1.807, 2.05) is 6.07 Å². The Morgan fingerprint density at radius 2 is 2.10 bits per heavy atom. The highest BCUT2D eigenvalue weighted by Crippen LogP contribution is 2.38. The predicted octanol–water partition coefficient (Wildman–Crippen LogP) is 2.48. The molecule has 20 heavy (non-hydrogen) atoms. The summed E-state index contributed by atoms with van der Waals surface area (Å²) in [7, 11) is 0. The Bertz CT molecular complexity index is 446. The number of alkyl halides is 2. The molecule has 112 valence electrons. The summed E-state index contributed by atoms with van der Waals surface area (Å²) in [5.41, 5.74) is 0.938.